The Labute approximate surface area is 118 Å². The van der Waals surface area contributed by atoms with Crippen LogP contribution < -0.4 is 4.74 Å². The number of hydrogen-bond acceptors (Lipinski definition) is 2. The fraction of sp³-hybridized carbons (Fsp3) is 0.111. The number of aryl methyl sites for hydroxylation is 1. The van der Waals surface area contributed by atoms with Gasteiger partial charge in [-0.05, 0) is 47.5 Å². The van der Waals surface area contributed by atoms with Crippen LogP contribution in [-0.2, 0) is 6.61 Å². The van der Waals surface area contributed by atoms with Crippen molar-refractivity contribution in [3.05, 3.63) is 71.8 Å². The molecule has 0 aromatic heterocycles. The van der Waals surface area contributed by atoms with Crippen molar-refractivity contribution in [2.24, 2.45) is 0 Å². The highest BCUT2D eigenvalue weighted by Gasteiger charge is 2.00. The number of aromatic hydroxyl groups is 1. The predicted molar refractivity (Wildman–Crippen MR) is 81.1 cm³/mol. The minimum atomic E-state index is 0.271. The molecule has 0 amide bonds. The van der Waals surface area contributed by atoms with E-state index < -0.39 is 0 Å². The molecule has 0 unspecified atom stereocenters. The van der Waals surface area contributed by atoms with Crippen LogP contribution in [0.2, 0.25) is 0 Å². The lowest BCUT2D eigenvalue weighted by molar-refractivity contribution is 0.306. The zero-order valence-electron chi connectivity index (χ0n) is 11.3. The van der Waals surface area contributed by atoms with Crippen LogP contribution in [0.25, 0.3) is 10.8 Å². The number of phenols is 1. The van der Waals surface area contributed by atoms with E-state index in [1.165, 1.54) is 5.56 Å². The van der Waals surface area contributed by atoms with Gasteiger partial charge in [0.2, 0.25) is 0 Å². The van der Waals surface area contributed by atoms with Crippen LogP contribution in [0.5, 0.6) is 11.5 Å². The van der Waals surface area contributed by atoms with Gasteiger partial charge in [-0.15, -0.1) is 0 Å². The van der Waals surface area contributed by atoms with Crippen LogP contribution in [0.3, 0.4) is 0 Å². The highest BCUT2D eigenvalue weighted by Crippen LogP contribution is 2.24. The molecule has 0 aliphatic carbocycles. The fourth-order valence-electron chi connectivity index (χ4n) is 2.15. The number of rotatable bonds is 3. The SMILES string of the molecule is Cc1ccc(COc2ccc3ccc(O)cc3c2)cc1. The van der Waals surface area contributed by atoms with Gasteiger partial charge in [0, 0.05) is 0 Å². The summed E-state index contributed by atoms with van der Waals surface area (Å²) in [6.45, 7) is 2.62. The summed E-state index contributed by atoms with van der Waals surface area (Å²) in [5.74, 6) is 1.08. The minimum Gasteiger partial charge on any atom is -0.508 e. The van der Waals surface area contributed by atoms with Crippen molar-refractivity contribution in [1.29, 1.82) is 0 Å². The average molecular weight is 264 g/mol. The van der Waals surface area contributed by atoms with E-state index in [2.05, 4.69) is 31.2 Å². The fourth-order valence-corrected chi connectivity index (χ4v) is 2.15. The van der Waals surface area contributed by atoms with E-state index in [9.17, 15) is 5.11 Å². The first-order valence-electron chi connectivity index (χ1n) is 6.62. The average Bonchev–Trinajstić information content (AvgIpc) is 2.46. The second kappa shape index (κ2) is 5.25. The lowest BCUT2D eigenvalue weighted by Crippen LogP contribution is -1.95. The Hall–Kier alpha value is -2.48. The highest BCUT2D eigenvalue weighted by atomic mass is 16.5. The molecule has 0 fully saturated rings. The largest absolute Gasteiger partial charge is 0.508 e. The van der Waals surface area contributed by atoms with Gasteiger partial charge >= 0.3 is 0 Å². The van der Waals surface area contributed by atoms with E-state index in [1.807, 2.05) is 24.3 Å². The smallest absolute Gasteiger partial charge is 0.120 e. The Morgan fingerprint density at radius 1 is 0.850 bits per heavy atom. The molecule has 1 N–H and O–H groups in total. The first-order chi connectivity index (χ1) is 9.70. The molecule has 100 valence electrons. The lowest BCUT2D eigenvalue weighted by Gasteiger charge is -2.08. The van der Waals surface area contributed by atoms with Gasteiger partial charge in [0.1, 0.15) is 18.1 Å². The van der Waals surface area contributed by atoms with E-state index in [0.717, 1.165) is 22.1 Å². The van der Waals surface area contributed by atoms with E-state index >= 15 is 0 Å². The van der Waals surface area contributed by atoms with Gasteiger partial charge in [0.15, 0.2) is 0 Å². The van der Waals surface area contributed by atoms with E-state index in [0.29, 0.717) is 6.61 Å². The first kappa shape index (κ1) is 12.5. The summed E-state index contributed by atoms with van der Waals surface area (Å²) >= 11 is 0. The zero-order chi connectivity index (χ0) is 13.9. The van der Waals surface area contributed by atoms with Gasteiger partial charge in [0.25, 0.3) is 0 Å². The van der Waals surface area contributed by atoms with Crippen molar-refractivity contribution in [3.8, 4) is 11.5 Å². The molecule has 3 aromatic carbocycles. The summed E-state index contributed by atoms with van der Waals surface area (Å²) in [6, 6.07) is 19.5. The van der Waals surface area contributed by atoms with Gasteiger partial charge in [0.05, 0.1) is 0 Å². The van der Waals surface area contributed by atoms with Gasteiger partial charge in [-0.1, -0.05) is 42.0 Å². The summed E-state index contributed by atoms with van der Waals surface area (Å²) in [5.41, 5.74) is 2.39. The number of hydrogen-bond donors (Lipinski definition) is 1. The maximum Gasteiger partial charge on any atom is 0.120 e. The zero-order valence-corrected chi connectivity index (χ0v) is 11.3. The molecule has 2 heteroatoms. The lowest BCUT2D eigenvalue weighted by atomic mass is 10.1. The summed E-state index contributed by atoms with van der Waals surface area (Å²) in [4.78, 5) is 0. The van der Waals surface area contributed by atoms with Crippen LogP contribution in [0.15, 0.2) is 60.7 Å². The molecule has 0 spiro atoms. The summed E-state index contributed by atoms with van der Waals surface area (Å²) in [6.07, 6.45) is 0. The third kappa shape index (κ3) is 2.75. The third-order valence-corrected chi connectivity index (χ3v) is 3.32. The van der Waals surface area contributed by atoms with Crippen molar-refractivity contribution in [1.82, 2.24) is 0 Å². The summed E-state index contributed by atoms with van der Waals surface area (Å²) in [5, 5.41) is 11.6. The van der Waals surface area contributed by atoms with E-state index in [1.54, 1.807) is 12.1 Å². The van der Waals surface area contributed by atoms with Crippen LogP contribution >= 0.6 is 0 Å². The van der Waals surface area contributed by atoms with Crippen molar-refractivity contribution < 1.29 is 9.84 Å². The molecule has 0 radical (unpaired) electrons. The first-order valence-corrected chi connectivity index (χ1v) is 6.62. The number of fused-ring (bicyclic) bond motifs is 1. The summed E-state index contributed by atoms with van der Waals surface area (Å²) in [7, 11) is 0. The standard InChI is InChI=1S/C18H16O2/c1-13-2-4-14(5-3-13)12-20-18-9-7-15-6-8-17(19)10-16(15)11-18/h2-11,19H,12H2,1H3. The Morgan fingerprint density at radius 3 is 2.40 bits per heavy atom. The molecule has 3 rings (SSSR count). The Balaban J connectivity index is 1.78. The molecule has 3 aromatic rings. The molecule has 0 bridgehead atoms. The molecule has 2 nitrogen and oxygen atoms in total. The molecule has 20 heavy (non-hydrogen) atoms. The highest BCUT2D eigenvalue weighted by molar-refractivity contribution is 5.85. The Morgan fingerprint density at radius 2 is 1.60 bits per heavy atom. The maximum atomic E-state index is 9.51. The van der Waals surface area contributed by atoms with Crippen LogP contribution in [0, 0.1) is 6.92 Å². The molecule has 0 saturated heterocycles. The number of ether oxygens (including phenoxy) is 1. The van der Waals surface area contributed by atoms with Crippen molar-refractivity contribution >= 4 is 10.8 Å². The van der Waals surface area contributed by atoms with E-state index in [-0.39, 0.29) is 5.75 Å². The molecule has 0 aliphatic heterocycles. The van der Waals surface area contributed by atoms with Gasteiger partial charge in [-0.25, -0.2) is 0 Å². The van der Waals surface area contributed by atoms with Crippen LogP contribution in [0.1, 0.15) is 11.1 Å². The molecule has 0 atom stereocenters. The normalized spacial score (nSPS) is 10.7. The third-order valence-electron chi connectivity index (χ3n) is 3.32. The number of benzene rings is 3. The van der Waals surface area contributed by atoms with Crippen LogP contribution in [-0.4, -0.2) is 5.11 Å². The molecule has 0 aliphatic rings. The molecule has 0 heterocycles. The number of phenolic OH excluding ortho intramolecular Hbond substituents is 1. The van der Waals surface area contributed by atoms with Crippen LogP contribution in [0.4, 0.5) is 0 Å². The van der Waals surface area contributed by atoms with E-state index in [4.69, 9.17) is 4.74 Å². The van der Waals surface area contributed by atoms with Crippen molar-refractivity contribution in [3.63, 3.8) is 0 Å². The topological polar surface area (TPSA) is 29.5 Å². The molecule has 0 saturated carbocycles. The second-order valence-corrected chi connectivity index (χ2v) is 4.97. The molecular weight excluding hydrogens is 248 g/mol. The Bertz CT molecular complexity index is 730. The maximum absolute atomic E-state index is 9.51. The second-order valence-electron chi connectivity index (χ2n) is 4.97. The Kier molecular flexibility index (Phi) is 3.30. The van der Waals surface area contributed by atoms with Gasteiger partial charge in [-0.2, -0.15) is 0 Å². The monoisotopic (exact) mass is 264 g/mol. The van der Waals surface area contributed by atoms with Gasteiger partial charge in [-0.3, -0.25) is 0 Å². The molecular formula is C18H16O2. The quantitative estimate of drug-likeness (QED) is 0.758. The minimum absolute atomic E-state index is 0.271. The summed E-state index contributed by atoms with van der Waals surface area (Å²) < 4.78 is 5.80. The van der Waals surface area contributed by atoms with Gasteiger partial charge < -0.3 is 9.84 Å². The van der Waals surface area contributed by atoms with Crippen molar-refractivity contribution in [2.45, 2.75) is 13.5 Å². The predicted octanol–water partition coefficient (Wildman–Crippen LogP) is 4.43. The van der Waals surface area contributed by atoms with Crippen molar-refractivity contribution in [2.75, 3.05) is 0 Å².